The first-order valence-electron chi connectivity index (χ1n) is 10.5. The molecule has 0 aliphatic heterocycles. The number of rotatable bonds is 5. The smallest absolute Gasteiger partial charge is 0.312 e. The third-order valence-electron chi connectivity index (χ3n) is 6.76. The van der Waals surface area contributed by atoms with Gasteiger partial charge in [0, 0.05) is 10.6 Å². The highest BCUT2D eigenvalue weighted by Gasteiger charge is 2.60. The minimum absolute atomic E-state index is 0.0273. The average molecular weight is 428 g/mol. The number of carbonyl (C=O) groups is 1. The minimum atomic E-state index is -0.451. The first kappa shape index (κ1) is 19.5. The van der Waals surface area contributed by atoms with E-state index in [4.69, 9.17) is 22.1 Å². The highest BCUT2D eigenvalue weighted by atomic mass is 35.5. The number of hydrogen-bond acceptors (Lipinski definition) is 7. The van der Waals surface area contributed by atoms with Crippen LogP contribution in [-0.2, 0) is 16.1 Å². The molecule has 1 aromatic carbocycles. The van der Waals surface area contributed by atoms with Crippen LogP contribution >= 0.6 is 11.6 Å². The number of aromatic nitrogens is 3. The van der Waals surface area contributed by atoms with Gasteiger partial charge in [-0.25, -0.2) is 0 Å². The van der Waals surface area contributed by atoms with Gasteiger partial charge in [0.15, 0.2) is 12.4 Å². The summed E-state index contributed by atoms with van der Waals surface area (Å²) in [6.45, 7) is 1.99. The van der Waals surface area contributed by atoms with Gasteiger partial charge in [0.1, 0.15) is 0 Å². The van der Waals surface area contributed by atoms with Crippen molar-refractivity contribution in [3.63, 3.8) is 0 Å². The van der Waals surface area contributed by atoms with E-state index in [1.165, 1.54) is 6.42 Å². The maximum atomic E-state index is 13.1. The second-order valence-corrected chi connectivity index (χ2v) is 10.2. The largest absolute Gasteiger partial charge is 0.457 e. The number of hydrogen-bond donors (Lipinski definition) is 2. The molecule has 4 aliphatic carbocycles. The van der Waals surface area contributed by atoms with Crippen LogP contribution in [0.15, 0.2) is 24.3 Å². The number of halogens is 1. The maximum Gasteiger partial charge on any atom is 0.312 e. The Bertz CT molecular complexity index is 966. The molecule has 4 saturated carbocycles. The van der Waals surface area contributed by atoms with Crippen LogP contribution in [0.1, 0.15) is 49.9 Å². The number of nitrogens with two attached hydrogens (primary N) is 1. The Hall–Kier alpha value is -2.41. The molecule has 158 valence electrons. The third kappa shape index (κ3) is 3.71. The van der Waals surface area contributed by atoms with E-state index in [1.54, 1.807) is 0 Å². The zero-order valence-electron chi connectivity index (χ0n) is 17.0. The molecule has 2 unspecified atom stereocenters. The number of esters is 1. The van der Waals surface area contributed by atoms with Crippen molar-refractivity contribution in [2.75, 3.05) is 11.1 Å². The Labute approximate surface area is 180 Å². The first-order chi connectivity index (χ1) is 14.3. The molecule has 30 heavy (non-hydrogen) atoms. The molecule has 0 saturated heterocycles. The van der Waals surface area contributed by atoms with Crippen LogP contribution in [0, 0.1) is 24.2 Å². The van der Waals surface area contributed by atoms with E-state index >= 15 is 0 Å². The van der Waals surface area contributed by atoms with E-state index in [9.17, 15) is 4.79 Å². The van der Waals surface area contributed by atoms with Gasteiger partial charge in [0.05, 0.1) is 5.41 Å². The summed E-state index contributed by atoms with van der Waals surface area (Å²) in [7, 11) is 0. The summed E-state index contributed by atoms with van der Waals surface area (Å²) in [5.74, 6) is 1.64. The monoisotopic (exact) mass is 427 g/mol. The summed E-state index contributed by atoms with van der Waals surface area (Å²) in [4.78, 5) is 25.5. The second-order valence-electron chi connectivity index (χ2n) is 9.39. The van der Waals surface area contributed by atoms with Gasteiger partial charge in [0.2, 0.25) is 11.9 Å². The SMILES string of the molecule is Cc1ccc(Nc2nc(N)nc(COC(=O)C34CC5CC(CC(Cl)(C5)C3)C4)n2)cc1. The number of alkyl halides is 1. The van der Waals surface area contributed by atoms with Gasteiger partial charge < -0.3 is 15.8 Å². The Morgan fingerprint density at radius 2 is 1.87 bits per heavy atom. The predicted octanol–water partition coefficient (Wildman–Crippen LogP) is 4.13. The summed E-state index contributed by atoms with van der Waals surface area (Å²) >= 11 is 6.84. The zero-order chi connectivity index (χ0) is 20.9. The molecular formula is C22H26ClN5O2. The molecule has 1 aromatic heterocycles. The average Bonchev–Trinajstić information content (AvgIpc) is 2.65. The highest BCUT2D eigenvalue weighted by Crippen LogP contribution is 2.64. The number of nitrogens with zero attached hydrogens (tertiary/aromatic N) is 3. The molecule has 4 fully saturated rings. The number of benzene rings is 1. The van der Waals surface area contributed by atoms with Crippen molar-refractivity contribution in [3.05, 3.63) is 35.7 Å². The minimum Gasteiger partial charge on any atom is -0.457 e. The summed E-state index contributed by atoms with van der Waals surface area (Å²) in [6, 6.07) is 7.85. The summed E-state index contributed by atoms with van der Waals surface area (Å²) in [5, 5.41) is 3.11. The Balaban J connectivity index is 1.28. The van der Waals surface area contributed by atoms with Crippen LogP contribution in [0.3, 0.4) is 0 Å². The molecule has 2 atom stereocenters. The number of nitrogens with one attached hydrogen (secondary N) is 1. The van der Waals surface area contributed by atoms with Crippen LogP contribution in [0.25, 0.3) is 0 Å². The molecule has 7 nitrogen and oxygen atoms in total. The molecule has 0 spiro atoms. The lowest BCUT2D eigenvalue weighted by atomic mass is 9.49. The van der Waals surface area contributed by atoms with Gasteiger partial charge in [-0.3, -0.25) is 4.79 Å². The number of nitrogen functional groups attached to an aromatic ring is 1. The molecule has 1 heterocycles. The van der Waals surface area contributed by atoms with E-state index in [2.05, 4.69) is 20.3 Å². The standard InChI is InChI=1S/C22H26ClN5O2/c1-13-2-4-16(5-3-13)25-20-27-17(26-19(24)28-20)11-30-18(29)21-7-14-6-15(8-21)10-22(23,9-14)12-21/h2-5,14-15H,6-12H2,1H3,(H3,24,25,26,27,28). The van der Waals surface area contributed by atoms with Crippen molar-refractivity contribution in [3.8, 4) is 0 Å². The van der Waals surface area contributed by atoms with Crippen molar-refractivity contribution in [1.29, 1.82) is 0 Å². The number of carbonyl (C=O) groups excluding carboxylic acids is 1. The van der Waals surface area contributed by atoms with Crippen LogP contribution in [0.2, 0.25) is 0 Å². The van der Waals surface area contributed by atoms with Crippen LogP contribution in [0.4, 0.5) is 17.6 Å². The Kier molecular flexibility index (Phi) is 4.61. The predicted molar refractivity (Wildman–Crippen MR) is 114 cm³/mol. The number of ether oxygens (including phenoxy) is 1. The molecular weight excluding hydrogens is 402 g/mol. The molecule has 8 heteroatoms. The Morgan fingerprint density at radius 1 is 1.17 bits per heavy atom. The van der Waals surface area contributed by atoms with Crippen molar-refractivity contribution in [2.24, 2.45) is 17.3 Å². The van der Waals surface area contributed by atoms with E-state index in [1.807, 2.05) is 31.2 Å². The van der Waals surface area contributed by atoms with Crippen molar-refractivity contribution < 1.29 is 9.53 Å². The zero-order valence-corrected chi connectivity index (χ0v) is 17.8. The summed E-state index contributed by atoms with van der Waals surface area (Å²) < 4.78 is 5.70. The van der Waals surface area contributed by atoms with Crippen molar-refractivity contribution >= 4 is 35.2 Å². The van der Waals surface area contributed by atoms with Gasteiger partial charge in [-0.2, -0.15) is 15.0 Å². The summed E-state index contributed by atoms with van der Waals surface area (Å²) in [5.41, 5.74) is 7.40. The van der Waals surface area contributed by atoms with E-state index in [-0.39, 0.29) is 23.4 Å². The van der Waals surface area contributed by atoms with Crippen LogP contribution < -0.4 is 11.1 Å². The number of anilines is 3. The Morgan fingerprint density at radius 3 is 2.53 bits per heavy atom. The van der Waals surface area contributed by atoms with Crippen LogP contribution in [-0.4, -0.2) is 25.8 Å². The fraction of sp³-hybridized carbons (Fsp3) is 0.545. The summed E-state index contributed by atoms with van der Waals surface area (Å²) in [6.07, 6.45) is 5.73. The van der Waals surface area contributed by atoms with Gasteiger partial charge in [-0.15, -0.1) is 11.6 Å². The molecule has 4 bridgehead atoms. The van der Waals surface area contributed by atoms with E-state index < -0.39 is 5.41 Å². The number of aryl methyl sites for hydroxylation is 1. The van der Waals surface area contributed by atoms with Gasteiger partial charge >= 0.3 is 5.97 Å². The fourth-order valence-electron chi connectivity index (χ4n) is 6.00. The van der Waals surface area contributed by atoms with Gasteiger partial charge in [-0.1, -0.05) is 17.7 Å². The lowest BCUT2D eigenvalue weighted by Gasteiger charge is -2.58. The fourth-order valence-corrected chi connectivity index (χ4v) is 6.69. The highest BCUT2D eigenvalue weighted by molar-refractivity contribution is 6.24. The third-order valence-corrected chi connectivity index (χ3v) is 7.20. The van der Waals surface area contributed by atoms with Crippen molar-refractivity contribution in [2.45, 2.75) is 56.9 Å². The van der Waals surface area contributed by atoms with Crippen LogP contribution in [0.5, 0.6) is 0 Å². The molecule has 4 aliphatic rings. The normalized spacial score (nSPS) is 31.5. The lowest BCUT2D eigenvalue weighted by Crippen LogP contribution is -2.56. The maximum absolute atomic E-state index is 13.1. The molecule has 3 N–H and O–H groups in total. The first-order valence-corrected chi connectivity index (χ1v) is 10.9. The van der Waals surface area contributed by atoms with E-state index in [0.717, 1.165) is 36.9 Å². The quantitative estimate of drug-likeness (QED) is 0.546. The molecule has 0 radical (unpaired) electrons. The molecule has 0 amide bonds. The van der Waals surface area contributed by atoms with E-state index in [0.29, 0.717) is 30.0 Å². The molecule has 6 rings (SSSR count). The van der Waals surface area contributed by atoms with Gasteiger partial charge in [0.25, 0.3) is 0 Å². The topological polar surface area (TPSA) is 103 Å². The molecule has 2 aromatic rings. The lowest BCUT2D eigenvalue weighted by molar-refractivity contribution is -0.171. The van der Waals surface area contributed by atoms with Crippen molar-refractivity contribution in [1.82, 2.24) is 15.0 Å². The second kappa shape index (κ2) is 7.08. The van der Waals surface area contributed by atoms with Gasteiger partial charge in [-0.05, 0) is 69.4 Å².